The van der Waals surface area contributed by atoms with Crippen LogP contribution in [0.5, 0.6) is 0 Å². The summed E-state index contributed by atoms with van der Waals surface area (Å²) in [4.78, 5) is 8.74. The van der Waals surface area contributed by atoms with E-state index in [0.717, 1.165) is 11.3 Å². The van der Waals surface area contributed by atoms with Crippen LogP contribution >= 0.6 is 11.6 Å². The Bertz CT molecular complexity index is 711. The fourth-order valence-electron chi connectivity index (χ4n) is 1.81. The van der Waals surface area contributed by atoms with E-state index >= 15 is 0 Å². The Balaban J connectivity index is 2.13. The monoisotopic (exact) mass is 274 g/mol. The van der Waals surface area contributed by atoms with E-state index in [-0.39, 0.29) is 0 Å². The molecule has 2 heterocycles. The van der Waals surface area contributed by atoms with Gasteiger partial charge in [0.05, 0.1) is 12.3 Å². The van der Waals surface area contributed by atoms with Gasteiger partial charge in [-0.3, -0.25) is 0 Å². The Morgan fingerprint density at radius 2 is 2.00 bits per heavy atom. The van der Waals surface area contributed by atoms with Gasteiger partial charge in [0.25, 0.3) is 5.78 Å². The first-order valence-corrected chi connectivity index (χ1v) is 6.12. The molecule has 0 saturated heterocycles. The maximum absolute atomic E-state index is 6.16. The molecule has 0 aliphatic heterocycles. The number of methoxy groups -OCH3 is 1. The second-order valence-electron chi connectivity index (χ2n) is 4.02. The predicted octanol–water partition coefficient (Wildman–Crippen LogP) is 2.59. The summed E-state index contributed by atoms with van der Waals surface area (Å²) in [5.74, 6) is 1.07. The highest BCUT2D eigenvalue weighted by atomic mass is 35.5. The van der Waals surface area contributed by atoms with Gasteiger partial charge in [0, 0.05) is 12.7 Å². The quantitative estimate of drug-likeness (QED) is 0.689. The van der Waals surface area contributed by atoms with Crippen LogP contribution in [0.3, 0.4) is 0 Å². The maximum Gasteiger partial charge on any atom is 0.254 e. The van der Waals surface area contributed by atoms with Crippen LogP contribution < -0.4 is 0 Å². The number of aromatic nitrogens is 4. The topological polar surface area (TPSA) is 52.3 Å². The molecular weight excluding hydrogens is 264 g/mol. The second kappa shape index (κ2) is 4.95. The Hall–Kier alpha value is -1.98. The van der Waals surface area contributed by atoms with Crippen molar-refractivity contribution in [2.75, 3.05) is 7.11 Å². The zero-order chi connectivity index (χ0) is 13.2. The van der Waals surface area contributed by atoms with Crippen molar-refractivity contribution < 1.29 is 4.74 Å². The molecule has 0 bridgehead atoms. The number of ether oxygens (including phenoxy) is 1. The highest BCUT2D eigenvalue weighted by Crippen LogP contribution is 2.18. The molecule has 1 aromatic carbocycles. The molecule has 0 fully saturated rings. The molecule has 3 aromatic rings. The zero-order valence-corrected chi connectivity index (χ0v) is 11.0. The molecule has 0 aliphatic rings. The average molecular weight is 275 g/mol. The van der Waals surface area contributed by atoms with Crippen LogP contribution in [-0.4, -0.2) is 26.7 Å². The van der Waals surface area contributed by atoms with Crippen LogP contribution in [0.25, 0.3) is 17.2 Å². The van der Waals surface area contributed by atoms with Crippen molar-refractivity contribution >= 4 is 17.4 Å². The summed E-state index contributed by atoms with van der Waals surface area (Å²) in [7, 11) is 1.61. The van der Waals surface area contributed by atoms with Gasteiger partial charge in [-0.05, 0) is 6.07 Å². The molecule has 0 radical (unpaired) electrons. The molecular formula is C13H11ClN4O. The van der Waals surface area contributed by atoms with E-state index < -0.39 is 0 Å². The Morgan fingerprint density at radius 3 is 2.74 bits per heavy atom. The minimum absolute atomic E-state index is 0.393. The zero-order valence-electron chi connectivity index (χ0n) is 10.2. The molecule has 0 amide bonds. The molecule has 2 aromatic heterocycles. The lowest BCUT2D eigenvalue weighted by molar-refractivity contribution is 0.181. The van der Waals surface area contributed by atoms with Crippen molar-refractivity contribution in [3.8, 4) is 11.4 Å². The van der Waals surface area contributed by atoms with Crippen molar-refractivity contribution in [2.24, 2.45) is 0 Å². The summed E-state index contributed by atoms with van der Waals surface area (Å²) in [6.07, 6.45) is 0. The maximum atomic E-state index is 6.16. The van der Waals surface area contributed by atoms with Gasteiger partial charge >= 0.3 is 0 Å². The number of hydrogen-bond donors (Lipinski definition) is 0. The van der Waals surface area contributed by atoms with Crippen molar-refractivity contribution in [1.82, 2.24) is 19.6 Å². The van der Waals surface area contributed by atoms with E-state index in [1.165, 1.54) is 4.52 Å². The van der Waals surface area contributed by atoms with Gasteiger partial charge in [-0.25, -0.2) is 4.98 Å². The van der Waals surface area contributed by atoms with Gasteiger partial charge in [0.15, 0.2) is 5.82 Å². The van der Waals surface area contributed by atoms with E-state index in [9.17, 15) is 0 Å². The average Bonchev–Trinajstić information content (AvgIpc) is 2.85. The summed E-state index contributed by atoms with van der Waals surface area (Å²) < 4.78 is 6.56. The first-order chi connectivity index (χ1) is 9.28. The molecule has 0 saturated carbocycles. The van der Waals surface area contributed by atoms with Crippen molar-refractivity contribution in [1.29, 1.82) is 0 Å². The van der Waals surface area contributed by atoms with Crippen LogP contribution in [0, 0.1) is 0 Å². The van der Waals surface area contributed by atoms with Crippen LogP contribution in [-0.2, 0) is 11.3 Å². The molecule has 3 rings (SSSR count). The first-order valence-electron chi connectivity index (χ1n) is 5.74. The number of nitrogens with zero attached hydrogens (tertiary/aromatic N) is 4. The SMILES string of the molecule is COCc1cc(Cl)n2nc(-c3ccccc3)nc2n1. The smallest absolute Gasteiger partial charge is 0.254 e. The number of benzene rings is 1. The van der Waals surface area contributed by atoms with Crippen molar-refractivity contribution in [3.05, 3.63) is 47.2 Å². The van der Waals surface area contributed by atoms with E-state index in [0.29, 0.717) is 23.4 Å². The highest BCUT2D eigenvalue weighted by Gasteiger charge is 2.11. The van der Waals surface area contributed by atoms with Crippen LogP contribution in [0.1, 0.15) is 5.69 Å². The fourth-order valence-corrected chi connectivity index (χ4v) is 2.05. The second-order valence-corrected chi connectivity index (χ2v) is 4.40. The van der Waals surface area contributed by atoms with E-state index in [1.54, 1.807) is 13.2 Å². The number of hydrogen-bond acceptors (Lipinski definition) is 4. The lowest BCUT2D eigenvalue weighted by atomic mass is 10.2. The highest BCUT2D eigenvalue weighted by molar-refractivity contribution is 6.29. The first kappa shape index (κ1) is 12.1. The van der Waals surface area contributed by atoms with Crippen LogP contribution in [0.2, 0.25) is 5.15 Å². The lowest BCUT2D eigenvalue weighted by Gasteiger charge is -2.00. The summed E-state index contributed by atoms with van der Waals surface area (Å²) in [6.45, 7) is 0.393. The van der Waals surface area contributed by atoms with Crippen LogP contribution in [0.15, 0.2) is 36.4 Å². The van der Waals surface area contributed by atoms with Gasteiger partial charge in [0.2, 0.25) is 0 Å². The summed E-state index contributed by atoms with van der Waals surface area (Å²) in [5.41, 5.74) is 1.66. The molecule has 0 spiro atoms. The predicted molar refractivity (Wildman–Crippen MR) is 71.9 cm³/mol. The summed E-state index contributed by atoms with van der Waals surface area (Å²) >= 11 is 6.16. The summed E-state index contributed by atoms with van der Waals surface area (Å²) in [5, 5.41) is 4.82. The molecule has 5 nitrogen and oxygen atoms in total. The van der Waals surface area contributed by atoms with Gasteiger partial charge in [-0.15, -0.1) is 5.10 Å². The van der Waals surface area contributed by atoms with Gasteiger partial charge in [0.1, 0.15) is 5.15 Å². The van der Waals surface area contributed by atoms with Gasteiger partial charge in [-0.1, -0.05) is 41.9 Å². The lowest BCUT2D eigenvalue weighted by Crippen LogP contribution is -1.98. The molecule has 0 atom stereocenters. The Kier molecular flexibility index (Phi) is 3.15. The number of halogens is 1. The third kappa shape index (κ3) is 2.30. The molecule has 0 aliphatic carbocycles. The summed E-state index contributed by atoms with van der Waals surface area (Å²) in [6, 6.07) is 11.4. The van der Waals surface area contributed by atoms with E-state index in [4.69, 9.17) is 16.3 Å². The standard InChI is InChI=1S/C13H11ClN4O/c1-19-8-10-7-11(14)18-13(15-10)16-12(17-18)9-5-3-2-4-6-9/h2-7H,8H2,1H3. The molecule has 0 unspecified atom stereocenters. The molecule has 19 heavy (non-hydrogen) atoms. The number of fused-ring (bicyclic) bond motifs is 1. The molecule has 0 N–H and O–H groups in total. The van der Waals surface area contributed by atoms with Gasteiger partial charge < -0.3 is 4.74 Å². The Labute approximate surface area is 114 Å². The minimum atomic E-state index is 0.393. The van der Waals surface area contributed by atoms with Crippen molar-refractivity contribution in [2.45, 2.75) is 6.61 Å². The number of rotatable bonds is 3. The largest absolute Gasteiger partial charge is 0.378 e. The third-order valence-electron chi connectivity index (χ3n) is 2.65. The minimum Gasteiger partial charge on any atom is -0.378 e. The Morgan fingerprint density at radius 1 is 1.21 bits per heavy atom. The van der Waals surface area contributed by atoms with Gasteiger partial charge in [-0.2, -0.15) is 9.50 Å². The third-order valence-corrected chi connectivity index (χ3v) is 2.92. The normalized spacial score (nSPS) is 11.1. The molecule has 96 valence electrons. The van der Waals surface area contributed by atoms with E-state index in [2.05, 4.69) is 15.1 Å². The molecule has 6 heteroatoms. The van der Waals surface area contributed by atoms with Crippen molar-refractivity contribution in [3.63, 3.8) is 0 Å². The fraction of sp³-hybridized carbons (Fsp3) is 0.154. The van der Waals surface area contributed by atoms with E-state index in [1.807, 2.05) is 30.3 Å². The van der Waals surface area contributed by atoms with Crippen LogP contribution in [0.4, 0.5) is 0 Å².